The molecule has 0 fully saturated rings. The highest BCUT2D eigenvalue weighted by atomic mass is 35.5. The van der Waals surface area contributed by atoms with Gasteiger partial charge in [0.2, 0.25) is 6.79 Å². The van der Waals surface area contributed by atoms with Crippen molar-refractivity contribution in [2.24, 2.45) is 0 Å². The molecule has 1 aliphatic rings. The molecule has 6 nitrogen and oxygen atoms in total. The number of hydrogen-bond acceptors (Lipinski definition) is 5. The number of halogens is 1. The lowest BCUT2D eigenvalue weighted by Gasteiger charge is -2.07. The molecule has 0 aromatic heterocycles. The fraction of sp³-hybridized carbons (Fsp3) is 0.235. The van der Waals surface area contributed by atoms with Crippen LogP contribution in [-0.4, -0.2) is 24.5 Å². The van der Waals surface area contributed by atoms with Gasteiger partial charge in [0.25, 0.3) is 0 Å². The van der Waals surface area contributed by atoms with Crippen LogP contribution in [0.15, 0.2) is 42.5 Å². The minimum absolute atomic E-state index is 0. The van der Waals surface area contributed by atoms with E-state index < -0.39 is 5.97 Å². The molecule has 1 heterocycles. The van der Waals surface area contributed by atoms with Crippen LogP contribution in [0, 0.1) is 0 Å². The van der Waals surface area contributed by atoms with Gasteiger partial charge in [0.05, 0.1) is 0 Å². The van der Waals surface area contributed by atoms with Gasteiger partial charge in [0, 0.05) is 13.1 Å². The Labute approximate surface area is 145 Å². The van der Waals surface area contributed by atoms with Crippen LogP contribution in [-0.2, 0) is 17.9 Å². The van der Waals surface area contributed by atoms with Crippen molar-refractivity contribution >= 4 is 18.4 Å². The van der Waals surface area contributed by atoms with Crippen LogP contribution in [0.3, 0.4) is 0 Å². The Balaban J connectivity index is 0.00000208. The van der Waals surface area contributed by atoms with Crippen molar-refractivity contribution in [1.29, 1.82) is 0 Å². The van der Waals surface area contributed by atoms with E-state index in [9.17, 15) is 4.79 Å². The number of fused-ring (bicyclic) bond motifs is 1. The third-order valence-corrected chi connectivity index (χ3v) is 3.38. The number of carbonyl (C=O) groups is 1. The van der Waals surface area contributed by atoms with Gasteiger partial charge >= 0.3 is 5.97 Å². The van der Waals surface area contributed by atoms with Gasteiger partial charge in [0.1, 0.15) is 5.75 Å². The summed E-state index contributed by atoms with van der Waals surface area (Å²) in [5, 5.41) is 11.9. The summed E-state index contributed by atoms with van der Waals surface area (Å²) in [5.41, 5.74) is 2.21. The SMILES string of the molecule is Cl.O=C(O)COc1ccc(CNCc2ccc3c(c2)OCO3)cc1. The first-order valence-electron chi connectivity index (χ1n) is 7.23. The Kier molecular flexibility index (Phi) is 6.28. The Morgan fingerprint density at radius 1 is 1.04 bits per heavy atom. The highest BCUT2D eigenvalue weighted by Crippen LogP contribution is 2.32. The van der Waals surface area contributed by atoms with Crippen molar-refractivity contribution in [2.45, 2.75) is 13.1 Å². The normalized spacial score (nSPS) is 11.7. The summed E-state index contributed by atoms with van der Waals surface area (Å²) in [7, 11) is 0. The molecule has 0 saturated carbocycles. The van der Waals surface area contributed by atoms with E-state index in [2.05, 4.69) is 5.32 Å². The first-order valence-corrected chi connectivity index (χ1v) is 7.23. The van der Waals surface area contributed by atoms with E-state index in [1.807, 2.05) is 30.3 Å². The Bertz CT molecular complexity index is 690. The fourth-order valence-corrected chi connectivity index (χ4v) is 2.25. The van der Waals surface area contributed by atoms with Crippen molar-refractivity contribution in [3.8, 4) is 17.2 Å². The van der Waals surface area contributed by atoms with Crippen LogP contribution in [0.25, 0.3) is 0 Å². The minimum Gasteiger partial charge on any atom is -0.482 e. The molecule has 0 spiro atoms. The molecule has 128 valence electrons. The van der Waals surface area contributed by atoms with Crippen LogP contribution in [0.1, 0.15) is 11.1 Å². The summed E-state index contributed by atoms with van der Waals surface area (Å²) in [6.45, 7) is 1.37. The molecule has 7 heteroatoms. The van der Waals surface area contributed by atoms with Crippen molar-refractivity contribution in [1.82, 2.24) is 5.32 Å². The molecule has 0 atom stereocenters. The molecule has 0 saturated heterocycles. The third-order valence-electron chi connectivity index (χ3n) is 3.38. The number of ether oxygens (including phenoxy) is 3. The number of carboxylic acids is 1. The zero-order valence-electron chi connectivity index (χ0n) is 12.9. The van der Waals surface area contributed by atoms with Crippen molar-refractivity contribution in [3.63, 3.8) is 0 Å². The second-order valence-electron chi connectivity index (χ2n) is 5.12. The second-order valence-corrected chi connectivity index (χ2v) is 5.12. The van der Waals surface area contributed by atoms with Crippen LogP contribution in [0.2, 0.25) is 0 Å². The maximum absolute atomic E-state index is 10.4. The van der Waals surface area contributed by atoms with E-state index in [1.165, 1.54) is 0 Å². The van der Waals surface area contributed by atoms with Crippen LogP contribution < -0.4 is 19.5 Å². The zero-order chi connectivity index (χ0) is 16.1. The molecule has 0 unspecified atom stereocenters. The van der Waals surface area contributed by atoms with E-state index in [1.54, 1.807) is 12.1 Å². The van der Waals surface area contributed by atoms with Gasteiger partial charge in [-0.2, -0.15) is 0 Å². The predicted molar refractivity (Wildman–Crippen MR) is 89.9 cm³/mol. The summed E-state index contributed by atoms with van der Waals surface area (Å²) < 4.78 is 15.7. The van der Waals surface area contributed by atoms with Crippen LogP contribution in [0.4, 0.5) is 0 Å². The maximum Gasteiger partial charge on any atom is 0.341 e. The fourth-order valence-electron chi connectivity index (χ4n) is 2.25. The average Bonchev–Trinajstić information content (AvgIpc) is 3.02. The molecular formula is C17H18ClNO5. The van der Waals surface area contributed by atoms with E-state index in [-0.39, 0.29) is 25.8 Å². The summed E-state index contributed by atoms with van der Waals surface area (Å²) in [5.74, 6) is 1.13. The molecule has 24 heavy (non-hydrogen) atoms. The number of hydrogen-bond donors (Lipinski definition) is 2. The lowest BCUT2D eigenvalue weighted by Crippen LogP contribution is -2.12. The standard InChI is InChI=1S/C17H17NO5.ClH/c19-17(20)10-21-14-4-1-12(2-5-14)8-18-9-13-3-6-15-16(7-13)23-11-22-15;/h1-7,18H,8-11H2,(H,19,20);1H. The smallest absolute Gasteiger partial charge is 0.341 e. The summed E-state index contributed by atoms with van der Waals surface area (Å²) in [4.78, 5) is 10.4. The number of nitrogens with one attached hydrogen (secondary N) is 1. The number of rotatable bonds is 7. The summed E-state index contributed by atoms with van der Waals surface area (Å²) in [6.07, 6.45) is 0. The number of aliphatic carboxylic acids is 1. The average molecular weight is 352 g/mol. The molecule has 0 bridgehead atoms. The van der Waals surface area contributed by atoms with Crippen molar-refractivity contribution in [3.05, 3.63) is 53.6 Å². The van der Waals surface area contributed by atoms with E-state index in [0.29, 0.717) is 18.8 Å². The highest BCUT2D eigenvalue weighted by Gasteiger charge is 2.12. The number of benzene rings is 2. The van der Waals surface area contributed by atoms with E-state index in [0.717, 1.165) is 22.6 Å². The van der Waals surface area contributed by atoms with Gasteiger partial charge in [-0.3, -0.25) is 0 Å². The summed E-state index contributed by atoms with van der Waals surface area (Å²) >= 11 is 0. The quantitative estimate of drug-likeness (QED) is 0.798. The van der Waals surface area contributed by atoms with Gasteiger partial charge in [0.15, 0.2) is 18.1 Å². The topological polar surface area (TPSA) is 77.0 Å². The largest absolute Gasteiger partial charge is 0.482 e. The van der Waals surface area contributed by atoms with Crippen molar-refractivity contribution in [2.75, 3.05) is 13.4 Å². The Morgan fingerprint density at radius 3 is 2.46 bits per heavy atom. The van der Waals surface area contributed by atoms with E-state index in [4.69, 9.17) is 19.3 Å². The zero-order valence-corrected chi connectivity index (χ0v) is 13.7. The number of carboxylic acid groups (broad SMARTS) is 1. The lowest BCUT2D eigenvalue weighted by molar-refractivity contribution is -0.139. The van der Waals surface area contributed by atoms with E-state index >= 15 is 0 Å². The third kappa shape index (κ3) is 4.78. The molecule has 0 amide bonds. The first kappa shape index (κ1) is 17.9. The van der Waals surface area contributed by atoms with Crippen LogP contribution >= 0.6 is 12.4 Å². The molecule has 2 aromatic rings. The predicted octanol–water partition coefficient (Wildman–Crippen LogP) is 2.59. The van der Waals surface area contributed by atoms with Gasteiger partial charge in [-0.1, -0.05) is 18.2 Å². The van der Waals surface area contributed by atoms with Gasteiger partial charge in [-0.15, -0.1) is 12.4 Å². The summed E-state index contributed by atoms with van der Waals surface area (Å²) in [6, 6.07) is 13.2. The molecule has 1 aliphatic heterocycles. The monoisotopic (exact) mass is 351 g/mol. The highest BCUT2D eigenvalue weighted by molar-refractivity contribution is 5.85. The molecule has 2 N–H and O–H groups in total. The molecule has 0 aliphatic carbocycles. The van der Waals surface area contributed by atoms with Gasteiger partial charge < -0.3 is 24.6 Å². The lowest BCUT2D eigenvalue weighted by atomic mass is 10.2. The maximum atomic E-state index is 10.4. The molecule has 0 radical (unpaired) electrons. The Morgan fingerprint density at radius 2 is 1.71 bits per heavy atom. The molecule has 3 rings (SSSR count). The first-order chi connectivity index (χ1) is 11.2. The minimum atomic E-state index is -0.987. The van der Waals surface area contributed by atoms with Gasteiger partial charge in [-0.25, -0.2) is 4.79 Å². The molecular weight excluding hydrogens is 334 g/mol. The van der Waals surface area contributed by atoms with Gasteiger partial charge in [-0.05, 0) is 35.4 Å². The van der Waals surface area contributed by atoms with Crippen LogP contribution in [0.5, 0.6) is 17.2 Å². The van der Waals surface area contributed by atoms with Crippen molar-refractivity contribution < 1.29 is 24.1 Å². The second kappa shape index (κ2) is 8.42. The molecule has 2 aromatic carbocycles. The Hall–Kier alpha value is -2.44.